The number of fused-ring (bicyclic) bond motifs is 1. The molecule has 3 rings (SSSR count). The largest absolute Gasteiger partial charge is 0.493 e. The van der Waals surface area contributed by atoms with Crippen molar-refractivity contribution in [3.63, 3.8) is 0 Å². The Morgan fingerprint density at radius 1 is 1.40 bits per heavy atom. The highest BCUT2D eigenvalue weighted by atomic mass is 19.1. The summed E-state index contributed by atoms with van der Waals surface area (Å²) in [5, 5.41) is 3.38. The minimum Gasteiger partial charge on any atom is -0.493 e. The van der Waals surface area contributed by atoms with E-state index in [0.717, 1.165) is 42.7 Å². The molecule has 0 aromatic heterocycles. The van der Waals surface area contributed by atoms with Crippen LogP contribution in [0.15, 0.2) is 12.1 Å². The standard InChI is InChI=1S/C12H14FNO/c13-9-6-8-3-5-15-12(8)10(7-9)11-2-1-4-14-11/h6-7,11,14H,1-5H2/t11-/m0/s1. The van der Waals surface area contributed by atoms with Gasteiger partial charge in [0.05, 0.1) is 6.61 Å². The van der Waals surface area contributed by atoms with Crippen molar-refractivity contribution >= 4 is 0 Å². The van der Waals surface area contributed by atoms with Gasteiger partial charge in [-0.25, -0.2) is 4.39 Å². The van der Waals surface area contributed by atoms with E-state index in [1.165, 1.54) is 0 Å². The SMILES string of the molecule is Fc1cc2c(c([C@@H]3CCCN3)c1)OCC2. The first-order valence-electron chi connectivity index (χ1n) is 5.53. The van der Waals surface area contributed by atoms with Crippen molar-refractivity contribution < 1.29 is 9.13 Å². The van der Waals surface area contributed by atoms with E-state index in [0.29, 0.717) is 6.61 Å². The first-order chi connectivity index (χ1) is 7.34. The summed E-state index contributed by atoms with van der Waals surface area (Å²) < 4.78 is 19.0. The third-order valence-corrected chi connectivity index (χ3v) is 3.21. The molecule has 0 amide bonds. The van der Waals surface area contributed by atoms with Crippen LogP contribution in [0.5, 0.6) is 5.75 Å². The Bertz CT molecular complexity index is 385. The first kappa shape index (κ1) is 9.16. The van der Waals surface area contributed by atoms with Gasteiger partial charge in [0.15, 0.2) is 0 Å². The first-order valence-corrected chi connectivity index (χ1v) is 5.53. The Hall–Kier alpha value is -1.09. The van der Waals surface area contributed by atoms with Gasteiger partial charge >= 0.3 is 0 Å². The summed E-state index contributed by atoms with van der Waals surface area (Å²) in [5.41, 5.74) is 2.04. The molecule has 1 N–H and O–H groups in total. The highest BCUT2D eigenvalue weighted by Crippen LogP contribution is 2.37. The second-order valence-electron chi connectivity index (χ2n) is 4.23. The topological polar surface area (TPSA) is 21.3 Å². The van der Waals surface area contributed by atoms with Crippen LogP contribution in [0.2, 0.25) is 0 Å². The fourth-order valence-corrected chi connectivity index (χ4v) is 2.51. The van der Waals surface area contributed by atoms with Crippen LogP contribution in [0.3, 0.4) is 0 Å². The van der Waals surface area contributed by atoms with E-state index in [4.69, 9.17) is 4.74 Å². The highest BCUT2D eigenvalue weighted by Gasteiger charge is 2.25. The van der Waals surface area contributed by atoms with Crippen molar-refractivity contribution in [3.8, 4) is 5.75 Å². The van der Waals surface area contributed by atoms with Gasteiger partial charge in [-0.05, 0) is 31.5 Å². The lowest BCUT2D eigenvalue weighted by atomic mass is 10.0. The van der Waals surface area contributed by atoms with Gasteiger partial charge in [-0.3, -0.25) is 0 Å². The van der Waals surface area contributed by atoms with Crippen molar-refractivity contribution in [2.24, 2.45) is 0 Å². The zero-order valence-corrected chi connectivity index (χ0v) is 8.55. The number of ether oxygens (including phenoxy) is 1. The van der Waals surface area contributed by atoms with Gasteiger partial charge in [-0.15, -0.1) is 0 Å². The predicted molar refractivity (Wildman–Crippen MR) is 55.6 cm³/mol. The molecular formula is C12H14FNO. The number of hydrogen-bond donors (Lipinski definition) is 1. The van der Waals surface area contributed by atoms with Gasteiger partial charge in [-0.1, -0.05) is 0 Å². The van der Waals surface area contributed by atoms with E-state index in [1.54, 1.807) is 12.1 Å². The smallest absolute Gasteiger partial charge is 0.127 e. The number of benzene rings is 1. The van der Waals surface area contributed by atoms with E-state index >= 15 is 0 Å². The molecule has 80 valence electrons. The van der Waals surface area contributed by atoms with Crippen LogP contribution in [0, 0.1) is 5.82 Å². The summed E-state index contributed by atoms with van der Waals surface area (Å²) >= 11 is 0. The lowest BCUT2D eigenvalue weighted by Gasteiger charge is -2.14. The molecule has 2 nitrogen and oxygen atoms in total. The highest BCUT2D eigenvalue weighted by molar-refractivity contribution is 5.46. The summed E-state index contributed by atoms with van der Waals surface area (Å²) in [5.74, 6) is 0.791. The number of hydrogen-bond acceptors (Lipinski definition) is 2. The van der Waals surface area contributed by atoms with Crippen LogP contribution < -0.4 is 10.1 Å². The third-order valence-electron chi connectivity index (χ3n) is 3.21. The zero-order valence-electron chi connectivity index (χ0n) is 8.55. The van der Waals surface area contributed by atoms with Crippen molar-refractivity contribution in [1.82, 2.24) is 5.32 Å². The molecule has 0 unspecified atom stereocenters. The van der Waals surface area contributed by atoms with E-state index in [-0.39, 0.29) is 11.9 Å². The summed E-state index contributed by atoms with van der Waals surface area (Å²) in [7, 11) is 0. The normalized spacial score (nSPS) is 23.9. The summed E-state index contributed by atoms with van der Waals surface area (Å²) in [6.07, 6.45) is 3.09. The summed E-state index contributed by atoms with van der Waals surface area (Å²) in [6, 6.07) is 3.50. The molecule has 0 aliphatic carbocycles. The number of nitrogens with one attached hydrogen (secondary N) is 1. The van der Waals surface area contributed by atoms with Crippen molar-refractivity contribution in [2.75, 3.05) is 13.2 Å². The third kappa shape index (κ3) is 1.51. The Morgan fingerprint density at radius 3 is 3.13 bits per heavy atom. The Kier molecular flexibility index (Phi) is 2.13. The summed E-state index contributed by atoms with van der Waals surface area (Å²) in [4.78, 5) is 0. The average molecular weight is 207 g/mol. The molecule has 2 heterocycles. The minimum absolute atomic E-state index is 0.136. The number of rotatable bonds is 1. The maximum Gasteiger partial charge on any atom is 0.127 e. The Labute approximate surface area is 88.4 Å². The molecule has 1 aromatic carbocycles. The van der Waals surface area contributed by atoms with E-state index in [2.05, 4.69) is 5.32 Å². The molecule has 1 fully saturated rings. The van der Waals surface area contributed by atoms with Crippen molar-refractivity contribution in [2.45, 2.75) is 25.3 Å². The molecule has 0 bridgehead atoms. The van der Waals surface area contributed by atoms with Crippen LogP contribution in [-0.4, -0.2) is 13.2 Å². The van der Waals surface area contributed by atoms with E-state index < -0.39 is 0 Å². The lowest BCUT2D eigenvalue weighted by Crippen LogP contribution is -2.14. The minimum atomic E-state index is -0.136. The molecular weight excluding hydrogens is 193 g/mol. The van der Waals surface area contributed by atoms with Crippen LogP contribution in [0.4, 0.5) is 4.39 Å². The Morgan fingerprint density at radius 2 is 2.33 bits per heavy atom. The molecule has 3 heteroatoms. The number of halogens is 1. The average Bonchev–Trinajstić information content (AvgIpc) is 2.86. The van der Waals surface area contributed by atoms with Crippen molar-refractivity contribution in [1.29, 1.82) is 0 Å². The molecule has 2 aliphatic rings. The Balaban J connectivity index is 2.05. The van der Waals surface area contributed by atoms with Crippen LogP contribution in [-0.2, 0) is 6.42 Å². The second kappa shape index (κ2) is 3.49. The van der Waals surface area contributed by atoms with Crippen molar-refractivity contribution in [3.05, 3.63) is 29.1 Å². The van der Waals surface area contributed by atoms with Gasteiger partial charge < -0.3 is 10.1 Å². The van der Waals surface area contributed by atoms with Crippen LogP contribution in [0.1, 0.15) is 30.0 Å². The molecule has 15 heavy (non-hydrogen) atoms. The quantitative estimate of drug-likeness (QED) is 0.762. The molecule has 0 spiro atoms. The van der Waals surface area contributed by atoms with E-state index in [9.17, 15) is 4.39 Å². The van der Waals surface area contributed by atoms with Crippen LogP contribution >= 0.6 is 0 Å². The lowest BCUT2D eigenvalue weighted by molar-refractivity contribution is 0.349. The molecule has 0 saturated carbocycles. The van der Waals surface area contributed by atoms with Gasteiger partial charge in [0.1, 0.15) is 11.6 Å². The van der Waals surface area contributed by atoms with Gasteiger partial charge in [0.25, 0.3) is 0 Å². The predicted octanol–water partition coefficient (Wildman–Crippen LogP) is 2.19. The fraction of sp³-hybridized carbons (Fsp3) is 0.500. The molecule has 1 atom stereocenters. The van der Waals surface area contributed by atoms with Gasteiger partial charge in [0.2, 0.25) is 0 Å². The van der Waals surface area contributed by atoms with E-state index in [1.807, 2.05) is 0 Å². The maximum absolute atomic E-state index is 13.4. The fourth-order valence-electron chi connectivity index (χ4n) is 2.51. The molecule has 0 radical (unpaired) electrons. The zero-order chi connectivity index (χ0) is 10.3. The maximum atomic E-state index is 13.4. The molecule has 2 aliphatic heterocycles. The second-order valence-corrected chi connectivity index (χ2v) is 4.23. The monoisotopic (exact) mass is 207 g/mol. The molecule has 1 saturated heterocycles. The van der Waals surface area contributed by atoms with Gasteiger partial charge in [-0.2, -0.15) is 0 Å². The molecule has 1 aromatic rings. The summed E-state index contributed by atoms with van der Waals surface area (Å²) in [6.45, 7) is 1.72. The van der Waals surface area contributed by atoms with Gasteiger partial charge in [0, 0.05) is 23.6 Å². The van der Waals surface area contributed by atoms with Crippen LogP contribution in [0.25, 0.3) is 0 Å².